The van der Waals surface area contributed by atoms with Gasteiger partial charge < -0.3 is 0 Å². The standard InChI is InChI=1S/C30H21N/c1-20-11-12-23-18-24(14-13-22(23)17-20)30-26-10-6-5-9-25(26)29(21-7-3-2-4-8-21)27-15-16-31-19-28(27)30/h2-19H,1H3. The zero-order chi connectivity index (χ0) is 20.8. The molecule has 0 fully saturated rings. The summed E-state index contributed by atoms with van der Waals surface area (Å²) in [6.07, 6.45) is 3.92. The maximum absolute atomic E-state index is 4.51. The highest BCUT2D eigenvalue weighted by Crippen LogP contribution is 2.43. The summed E-state index contributed by atoms with van der Waals surface area (Å²) in [4.78, 5) is 4.51. The van der Waals surface area contributed by atoms with Crippen LogP contribution < -0.4 is 0 Å². The van der Waals surface area contributed by atoms with Crippen molar-refractivity contribution in [2.75, 3.05) is 0 Å². The fourth-order valence-electron chi connectivity index (χ4n) is 4.77. The number of hydrogen-bond acceptors (Lipinski definition) is 1. The van der Waals surface area contributed by atoms with Crippen LogP contribution in [-0.2, 0) is 0 Å². The van der Waals surface area contributed by atoms with E-state index in [1.807, 2.05) is 12.4 Å². The van der Waals surface area contributed by atoms with Gasteiger partial charge >= 0.3 is 0 Å². The highest BCUT2D eigenvalue weighted by Gasteiger charge is 2.16. The molecule has 0 atom stereocenters. The lowest BCUT2D eigenvalue weighted by molar-refractivity contribution is 1.37. The first-order chi connectivity index (χ1) is 15.3. The van der Waals surface area contributed by atoms with E-state index in [4.69, 9.17) is 0 Å². The third kappa shape index (κ3) is 2.90. The molecule has 1 heterocycles. The van der Waals surface area contributed by atoms with Gasteiger partial charge in [-0.25, -0.2) is 0 Å². The maximum atomic E-state index is 4.51. The summed E-state index contributed by atoms with van der Waals surface area (Å²) in [5.41, 5.74) is 6.27. The van der Waals surface area contributed by atoms with Crippen molar-refractivity contribution in [2.24, 2.45) is 0 Å². The molecule has 1 heteroatoms. The van der Waals surface area contributed by atoms with Gasteiger partial charge in [0.15, 0.2) is 0 Å². The molecule has 6 rings (SSSR count). The summed E-state index contributed by atoms with van der Waals surface area (Å²) >= 11 is 0. The second-order valence-corrected chi connectivity index (χ2v) is 8.15. The van der Waals surface area contributed by atoms with Gasteiger partial charge in [0.2, 0.25) is 0 Å². The fraction of sp³-hybridized carbons (Fsp3) is 0.0333. The lowest BCUT2D eigenvalue weighted by atomic mass is 9.86. The Morgan fingerprint density at radius 2 is 1.16 bits per heavy atom. The largest absolute Gasteiger partial charge is 0.264 e. The van der Waals surface area contributed by atoms with Crippen LogP contribution >= 0.6 is 0 Å². The summed E-state index contributed by atoms with van der Waals surface area (Å²) in [6, 6.07) is 35.0. The first-order valence-corrected chi connectivity index (χ1v) is 10.6. The van der Waals surface area contributed by atoms with E-state index >= 15 is 0 Å². The minimum absolute atomic E-state index is 1.19. The maximum Gasteiger partial charge on any atom is 0.0353 e. The molecule has 0 aliphatic carbocycles. The third-order valence-electron chi connectivity index (χ3n) is 6.17. The van der Waals surface area contributed by atoms with Crippen molar-refractivity contribution in [2.45, 2.75) is 6.92 Å². The minimum Gasteiger partial charge on any atom is -0.264 e. The van der Waals surface area contributed by atoms with E-state index in [-0.39, 0.29) is 0 Å². The Morgan fingerprint density at radius 1 is 0.516 bits per heavy atom. The summed E-state index contributed by atoms with van der Waals surface area (Å²) in [7, 11) is 0. The van der Waals surface area contributed by atoms with Crippen LogP contribution in [0.15, 0.2) is 109 Å². The van der Waals surface area contributed by atoms with E-state index in [0.717, 1.165) is 0 Å². The van der Waals surface area contributed by atoms with Crippen LogP contribution in [0.3, 0.4) is 0 Å². The van der Waals surface area contributed by atoms with Gasteiger partial charge in [0, 0.05) is 17.8 Å². The topological polar surface area (TPSA) is 12.9 Å². The van der Waals surface area contributed by atoms with Gasteiger partial charge in [-0.2, -0.15) is 0 Å². The molecule has 0 N–H and O–H groups in total. The Labute approximate surface area is 181 Å². The second-order valence-electron chi connectivity index (χ2n) is 8.15. The van der Waals surface area contributed by atoms with Gasteiger partial charge in [0.25, 0.3) is 0 Å². The first kappa shape index (κ1) is 17.9. The number of aryl methyl sites for hydroxylation is 1. The SMILES string of the molecule is Cc1ccc2cc(-c3c4ccccc4c(-c4ccccc4)c4ccncc34)ccc2c1. The van der Waals surface area contributed by atoms with Gasteiger partial charge in [-0.3, -0.25) is 4.98 Å². The summed E-state index contributed by atoms with van der Waals surface area (Å²) < 4.78 is 0. The smallest absolute Gasteiger partial charge is 0.0353 e. The average molecular weight is 396 g/mol. The molecule has 0 unspecified atom stereocenters. The molecule has 1 aromatic heterocycles. The number of pyridine rings is 1. The molecule has 0 saturated heterocycles. The number of hydrogen-bond donors (Lipinski definition) is 0. The molecule has 0 aliphatic rings. The molecule has 0 saturated carbocycles. The Kier molecular flexibility index (Phi) is 4.07. The molecule has 1 nitrogen and oxygen atoms in total. The first-order valence-electron chi connectivity index (χ1n) is 10.6. The van der Waals surface area contributed by atoms with Gasteiger partial charge in [0.1, 0.15) is 0 Å². The number of aromatic nitrogens is 1. The molecule has 146 valence electrons. The number of benzene rings is 5. The molecule has 0 radical (unpaired) electrons. The lowest BCUT2D eigenvalue weighted by Crippen LogP contribution is -1.91. The van der Waals surface area contributed by atoms with Gasteiger partial charge in [-0.1, -0.05) is 90.5 Å². The number of fused-ring (bicyclic) bond motifs is 3. The van der Waals surface area contributed by atoms with Crippen LogP contribution in [-0.4, -0.2) is 4.98 Å². The van der Waals surface area contributed by atoms with Crippen LogP contribution in [0.4, 0.5) is 0 Å². The molecule has 31 heavy (non-hydrogen) atoms. The molecule has 0 aliphatic heterocycles. The number of rotatable bonds is 2. The summed E-state index contributed by atoms with van der Waals surface area (Å²) in [6.45, 7) is 2.14. The van der Waals surface area contributed by atoms with Crippen molar-refractivity contribution in [1.82, 2.24) is 4.98 Å². The molecular weight excluding hydrogens is 374 g/mol. The molecule has 0 amide bonds. The zero-order valence-corrected chi connectivity index (χ0v) is 17.3. The van der Waals surface area contributed by atoms with Crippen LogP contribution in [0.5, 0.6) is 0 Å². The summed E-state index contributed by atoms with van der Waals surface area (Å²) in [5, 5.41) is 7.48. The van der Waals surface area contributed by atoms with E-state index in [1.54, 1.807) is 0 Å². The Balaban J connectivity index is 1.76. The van der Waals surface area contributed by atoms with Crippen LogP contribution in [0.2, 0.25) is 0 Å². The Bertz CT molecular complexity index is 1520. The zero-order valence-electron chi connectivity index (χ0n) is 17.3. The molecular formula is C30H21N. The van der Waals surface area contributed by atoms with E-state index in [0.29, 0.717) is 0 Å². The monoisotopic (exact) mass is 395 g/mol. The predicted octanol–water partition coefficient (Wildman–Crippen LogP) is 8.18. The minimum atomic E-state index is 1.19. The van der Waals surface area contributed by atoms with Crippen molar-refractivity contribution in [3.63, 3.8) is 0 Å². The predicted molar refractivity (Wildman–Crippen MR) is 132 cm³/mol. The highest BCUT2D eigenvalue weighted by molar-refractivity contribution is 6.21. The van der Waals surface area contributed by atoms with E-state index in [2.05, 4.69) is 109 Å². The van der Waals surface area contributed by atoms with Crippen LogP contribution in [0.1, 0.15) is 5.56 Å². The second kappa shape index (κ2) is 7.07. The quantitative estimate of drug-likeness (QED) is 0.269. The van der Waals surface area contributed by atoms with E-state index in [1.165, 1.54) is 60.1 Å². The van der Waals surface area contributed by atoms with Crippen molar-refractivity contribution < 1.29 is 0 Å². The van der Waals surface area contributed by atoms with Crippen molar-refractivity contribution >= 4 is 32.3 Å². The molecule has 5 aromatic carbocycles. The number of nitrogens with zero attached hydrogens (tertiary/aromatic N) is 1. The molecule has 0 spiro atoms. The fourth-order valence-corrected chi connectivity index (χ4v) is 4.77. The lowest BCUT2D eigenvalue weighted by Gasteiger charge is -2.17. The van der Waals surface area contributed by atoms with E-state index < -0.39 is 0 Å². The summed E-state index contributed by atoms with van der Waals surface area (Å²) in [5.74, 6) is 0. The Hall–Kier alpha value is -3.97. The van der Waals surface area contributed by atoms with E-state index in [9.17, 15) is 0 Å². The van der Waals surface area contributed by atoms with Crippen molar-refractivity contribution in [3.05, 3.63) is 115 Å². The van der Waals surface area contributed by atoms with Gasteiger partial charge in [0.05, 0.1) is 0 Å². The van der Waals surface area contributed by atoms with Crippen molar-refractivity contribution in [1.29, 1.82) is 0 Å². The molecule has 0 bridgehead atoms. The Morgan fingerprint density at radius 3 is 1.97 bits per heavy atom. The normalized spacial score (nSPS) is 11.4. The van der Waals surface area contributed by atoms with Crippen LogP contribution in [0, 0.1) is 6.92 Å². The van der Waals surface area contributed by atoms with Gasteiger partial charge in [-0.05, 0) is 68.2 Å². The average Bonchev–Trinajstić information content (AvgIpc) is 2.82. The van der Waals surface area contributed by atoms with Crippen molar-refractivity contribution in [3.8, 4) is 22.3 Å². The van der Waals surface area contributed by atoms with Crippen LogP contribution in [0.25, 0.3) is 54.6 Å². The molecule has 6 aromatic rings. The highest BCUT2D eigenvalue weighted by atomic mass is 14.6. The third-order valence-corrected chi connectivity index (χ3v) is 6.17. The van der Waals surface area contributed by atoms with Gasteiger partial charge in [-0.15, -0.1) is 0 Å².